The van der Waals surface area contributed by atoms with Gasteiger partial charge in [0.15, 0.2) is 19.8 Å². The van der Waals surface area contributed by atoms with Crippen molar-refractivity contribution in [2.75, 3.05) is 14.2 Å². The van der Waals surface area contributed by atoms with Crippen molar-refractivity contribution < 1.29 is 19.0 Å². The van der Waals surface area contributed by atoms with Crippen molar-refractivity contribution >= 4 is 13.9 Å². The van der Waals surface area contributed by atoms with Gasteiger partial charge in [0, 0.05) is 5.56 Å². The number of methoxy groups -OCH3 is 2. The van der Waals surface area contributed by atoms with Crippen LogP contribution in [-0.2, 0) is 4.43 Å². The number of para-hydroxylation sites is 1. The van der Waals surface area contributed by atoms with E-state index in [1.807, 2.05) is 18.2 Å². The summed E-state index contributed by atoms with van der Waals surface area (Å²) in [7, 11) is 1.30. The molecule has 1 aromatic carbocycles. The highest BCUT2D eigenvalue weighted by Crippen LogP contribution is 2.42. The average molecular weight is 365 g/mol. The maximum atomic E-state index is 11.0. The van der Waals surface area contributed by atoms with Crippen LogP contribution >= 0.6 is 0 Å². The number of hydrogen-bond donors (Lipinski definition) is 1. The molecule has 0 bridgehead atoms. The highest BCUT2D eigenvalue weighted by molar-refractivity contribution is 6.74. The van der Waals surface area contributed by atoms with Crippen LogP contribution < -0.4 is 9.47 Å². The van der Waals surface area contributed by atoms with Crippen LogP contribution in [-0.4, -0.2) is 39.9 Å². The smallest absolute Gasteiger partial charge is 0.192 e. The highest BCUT2D eigenvalue weighted by atomic mass is 28.4. The Bertz CT molecular complexity index is 631. The minimum Gasteiger partial charge on any atom is -0.493 e. The summed E-state index contributed by atoms with van der Waals surface area (Å²) in [6.07, 6.45) is 2.96. The Morgan fingerprint density at radius 2 is 1.80 bits per heavy atom. The maximum absolute atomic E-state index is 11.0. The lowest BCUT2D eigenvalue weighted by Gasteiger charge is -2.42. The van der Waals surface area contributed by atoms with E-state index in [-0.39, 0.29) is 11.1 Å². The second-order valence-electron chi connectivity index (χ2n) is 8.14. The largest absolute Gasteiger partial charge is 0.493 e. The summed E-state index contributed by atoms with van der Waals surface area (Å²) in [5.41, 5.74) is 1.74. The SMILES string of the molecule is COc1cccc(C2=CCC[C@@H](O[Si](C)(C)C(C)(C)C)[C@@H]2O)c1OC. The van der Waals surface area contributed by atoms with E-state index in [2.05, 4.69) is 39.9 Å². The summed E-state index contributed by atoms with van der Waals surface area (Å²) in [5, 5.41) is 11.1. The van der Waals surface area contributed by atoms with E-state index < -0.39 is 14.4 Å². The lowest BCUT2D eigenvalue weighted by atomic mass is 9.88. The summed E-state index contributed by atoms with van der Waals surface area (Å²) in [6.45, 7) is 11.1. The first-order valence-corrected chi connectivity index (χ1v) is 11.8. The van der Waals surface area contributed by atoms with Crippen molar-refractivity contribution in [2.24, 2.45) is 0 Å². The molecular formula is C20H32O4Si. The summed E-state index contributed by atoms with van der Waals surface area (Å²) >= 11 is 0. The molecule has 2 atom stereocenters. The molecule has 2 rings (SSSR count). The monoisotopic (exact) mass is 364 g/mol. The number of rotatable bonds is 5. The van der Waals surface area contributed by atoms with Gasteiger partial charge in [0.1, 0.15) is 6.10 Å². The second-order valence-corrected chi connectivity index (χ2v) is 12.9. The van der Waals surface area contributed by atoms with E-state index >= 15 is 0 Å². The summed E-state index contributed by atoms with van der Waals surface area (Å²) in [4.78, 5) is 0. The zero-order valence-electron chi connectivity index (χ0n) is 16.6. The molecule has 0 aromatic heterocycles. The molecule has 1 aliphatic carbocycles. The van der Waals surface area contributed by atoms with Gasteiger partial charge >= 0.3 is 0 Å². The van der Waals surface area contributed by atoms with E-state index in [0.717, 1.165) is 24.0 Å². The van der Waals surface area contributed by atoms with Crippen LogP contribution in [0.3, 0.4) is 0 Å². The molecule has 0 unspecified atom stereocenters. The molecule has 0 radical (unpaired) electrons. The van der Waals surface area contributed by atoms with Crippen LogP contribution in [0, 0.1) is 0 Å². The van der Waals surface area contributed by atoms with Crippen LogP contribution in [0.5, 0.6) is 11.5 Å². The zero-order valence-corrected chi connectivity index (χ0v) is 17.6. The van der Waals surface area contributed by atoms with Gasteiger partial charge in [0.05, 0.1) is 20.3 Å². The number of aliphatic hydroxyl groups excluding tert-OH is 1. The van der Waals surface area contributed by atoms with Crippen molar-refractivity contribution in [3.63, 3.8) is 0 Å². The number of aliphatic hydroxyl groups is 1. The van der Waals surface area contributed by atoms with Crippen LogP contribution in [0.4, 0.5) is 0 Å². The highest BCUT2D eigenvalue weighted by Gasteiger charge is 2.42. The Hall–Kier alpha value is -1.30. The quantitative estimate of drug-likeness (QED) is 0.774. The van der Waals surface area contributed by atoms with Gasteiger partial charge in [-0.2, -0.15) is 0 Å². The second kappa shape index (κ2) is 7.52. The van der Waals surface area contributed by atoms with Gasteiger partial charge in [0.25, 0.3) is 0 Å². The van der Waals surface area contributed by atoms with E-state index in [9.17, 15) is 5.11 Å². The van der Waals surface area contributed by atoms with Crippen molar-refractivity contribution in [3.05, 3.63) is 29.8 Å². The molecule has 0 saturated carbocycles. The molecule has 0 aliphatic heterocycles. The van der Waals surface area contributed by atoms with Crippen LogP contribution in [0.25, 0.3) is 5.57 Å². The first-order chi connectivity index (χ1) is 11.6. The standard InChI is InChI=1S/C20H32O4Si/c1-20(2,3)25(6,7)24-16-12-8-10-14(18(16)21)15-11-9-13-17(22-4)19(15)23-5/h9-11,13,16,18,21H,8,12H2,1-7H3/t16-,18-/m1/s1. The maximum Gasteiger partial charge on any atom is 0.192 e. The molecule has 25 heavy (non-hydrogen) atoms. The molecule has 140 valence electrons. The fraction of sp³-hybridized carbons (Fsp3) is 0.600. The Morgan fingerprint density at radius 3 is 2.36 bits per heavy atom. The normalized spacial score (nSPS) is 21.7. The summed E-state index contributed by atoms with van der Waals surface area (Å²) in [6, 6.07) is 5.75. The van der Waals surface area contributed by atoms with E-state index in [0.29, 0.717) is 11.5 Å². The molecular weight excluding hydrogens is 332 g/mol. The molecule has 5 heteroatoms. The lowest BCUT2D eigenvalue weighted by Crippen LogP contribution is -2.48. The number of hydrogen-bond acceptors (Lipinski definition) is 4. The molecule has 0 heterocycles. The predicted octanol–water partition coefficient (Wildman–Crippen LogP) is 4.63. The van der Waals surface area contributed by atoms with E-state index in [1.54, 1.807) is 14.2 Å². The molecule has 0 fully saturated rings. The van der Waals surface area contributed by atoms with E-state index in [4.69, 9.17) is 13.9 Å². The van der Waals surface area contributed by atoms with Crippen LogP contribution in [0.15, 0.2) is 24.3 Å². The lowest BCUT2D eigenvalue weighted by molar-refractivity contribution is 0.0532. The topological polar surface area (TPSA) is 47.9 Å². The third-order valence-corrected chi connectivity index (χ3v) is 9.96. The van der Waals surface area contributed by atoms with Gasteiger partial charge in [0.2, 0.25) is 0 Å². The Balaban J connectivity index is 2.32. The predicted molar refractivity (Wildman–Crippen MR) is 105 cm³/mol. The zero-order chi connectivity index (χ0) is 18.8. The van der Waals surface area contributed by atoms with Crippen molar-refractivity contribution in [1.82, 2.24) is 0 Å². The molecule has 1 aromatic rings. The molecule has 4 nitrogen and oxygen atoms in total. The van der Waals surface area contributed by atoms with Gasteiger partial charge in [-0.25, -0.2) is 0 Å². The molecule has 0 amide bonds. The van der Waals surface area contributed by atoms with E-state index in [1.165, 1.54) is 0 Å². The van der Waals surface area contributed by atoms with Gasteiger partial charge in [-0.05, 0) is 42.6 Å². The molecule has 1 N–H and O–H groups in total. The number of allylic oxidation sites excluding steroid dienone is 1. The van der Waals surface area contributed by atoms with Gasteiger partial charge in [-0.15, -0.1) is 0 Å². The molecule has 0 spiro atoms. The molecule has 0 saturated heterocycles. The fourth-order valence-electron chi connectivity index (χ4n) is 2.94. The minimum atomic E-state index is -1.95. The third-order valence-electron chi connectivity index (χ3n) is 5.45. The third kappa shape index (κ3) is 4.10. The minimum absolute atomic E-state index is 0.113. The number of benzene rings is 1. The van der Waals surface area contributed by atoms with Gasteiger partial charge in [-0.1, -0.05) is 39.0 Å². The van der Waals surface area contributed by atoms with Gasteiger partial charge < -0.3 is 19.0 Å². The Kier molecular flexibility index (Phi) is 6.02. The van der Waals surface area contributed by atoms with Gasteiger partial charge in [-0.3, -0.25) is 0 Å². The average Bonchev–Trinajstić information content (AvgIpc) is 2.54. The molecule has 1 aliphatic rings. The van der Waals surface area contributed by atoms with Crippen molar-refractivity contribution in [1.29, 1.82) is 0 Å². The fourth-order valence-corrected chi connectivity index (χ4v) is 4.30. The van der Waals surface area contributed by atoms with Crippen LogP contribution in [0.1, 0.15) is 39.2 Å². The van der Waals surface area contributed by atoms with Crippen LogP contribution in [0.2, 0.25) is 18.1 Å². The first kappa shape index (κ1) is 20.0. The summed E-state index contributed by atoms with van der Waals surface area (Å²) in [5.74, 6) is 1.32. The Labute approximate surface area is 152 Å². The van der Waals surface area contributed by atoms with Crippen molar-refractivity contribution in [3.8, 4) is 11.5 Å². The summed E-state index contributed by atoms with van der Waals surface area (Å²) < 4.78 is 17.5. The Morgan fingerprint density at radius 1 is 1.12 bits per heavy atom. The first-order valence-electron chi connectivity index (χ1n) is 8.89. The number of ether oxygens (including phenoxy) is 2. The van der Waals surface area contributed by atoms with Crippen molar-refractivity contribution in [2.45, 2.75) is 64.0 Å².